The zero-order valence-electron chi connectivity index (χ0n) is 21.6. The molecule has 0 aromatic heterocycles. The number of carboxylic acid groups (broad SMARTS) is 1. The second-order valence-corrected chi connectivity index (χ2v) is 10.3. The summed E-state index contributed by atoms with van der Waals surface area (Å²) < 4.78 is 37.9. The van der Waals surface area contributed by atoms with Crippen LogP contribution in [-0.4, -0.2) is 58.0 Å². The molecule has 0 spiro atoms. The van der Waals surface area contributed by atoms with Crippen LogP contribution in [0.5, 0.6) is 17.2 Å². The fraction of sp³-hybridized carbons (Fsp3) is 0.143. The minimum Gasteiger partial charge on any atom is -0.507 e. The highest BCUT2D eigenvalue weighted by Gasteiger charge is 2.32. The molecule has 41 heavy (non-hydrogen) atoms. The molecule has 1 saturated heterocycles. The van der Waals surface area contributed by atoms with Gasteiger partial charge in [0.1, 0.15) is 21.6 Å². The largest absolute Gasteiger partial charge is 0.507 e. The van der Waals surface area contributed by atoms with E-state index in [1.165, 1.54) is 61.6 Å². The summed E-state index contributed by atoms with van der Waals surface area (Å²) >= 11 is 6.31. The van der Waals surface area contributed by atoms with Gasteiger partial charge in [0.2, 0.25) is 5.91 Å². The molecule has 0 bridgehead atoms. The molecule has 4 rings (SSSR count). The number of thioether (sulfide) groups is 1. The number of halogens is 2. The topological polar surface area (TPSA) is 125 Å². The predicted octanol–water partition coefficient (Wildman–Crippen LogP) is 5.28. The summed E-state index contributed by atoms with van der Waals surface area (Å²) in [6.45, 7) is -0.0481. The van der Waals surface area contributed by atoms with E-state index in [2.05, 4.69) is 5.32 Å². The van der Waals surface area contributed by atoms with Gasteiger partial charge in [-0.1, -0.05) is 30.0 Å². The smallest absolute Gasteiger partial charge is 0.335 e. The minimum atomic E-state index is -1.15. The number of nitrogens with one attached hydrogen (secondary N) is 1. The number of rotatable bonds is 9. The standard InChI is InChI=1S/C28H22F2N2O7S2/c1-38-17-9-16(25(34)18(13-17)14-3-5-19(29)20(30)10-14)12-23-26(35)32(28(40)41-23)8-7-24(33)31-21-6-4-15(27(36)37)11-22(21)39-2/h3-6,9-13,34H,7-8H2,1-2H3,(H,31,33)(H,36,37)/b23-12-. The SMILES string of the molecule is COc1cc(/C=C2\SC(=S)N(CCC(=O)Nc3ccc(C(=O)O)cc3OC)C2=O)c(O)c(-c2ccc(F)c(F)c2)c1. The highest BCUT2D eigenvalue weighted by Crippen LogP contribution is 2.40. The first kappa shape index (κ1) is 29.5. The molecule has 0 radical (unpaired) electrons. The maximum atomic E-state index is 13.9. The highest BCUT2D eigenvalue weighted by atomic mass is 32.2. The molecule has 2 amide bonds. The lowest BCUT2D eigenvalue weighted by Crippen LogP contribution is -2.31. The number of nitrogens with zero attached hydrogens (tertiary/aromatic N) is 1. The number of amides is 2. The van der Waals surface area contributed by atoms with Crippen LogP contribution in [0.1, 0.15) is 22.3 Å². The Bertz CT molecular complexity index is 1610. The van der Waals surface area contributed by atoms with Crippen molar-refractivity contribution in [1.82, 2.24) is 4.90 Å². The number of anilines is 1. The molecule has 0 aliphatic carbocycles. The number of methoxy groups -OCH3 is 2. The maximum Gasteiger partial charge on any atom is 0.335 e. The number of phenols is 1. The third-order valence-corrected chi connectivity index (χ3v) is 7.40. The summed E-state index contributed by atoms with van der Waals surface area (Å²) in [6.07, 6.45) is 1.27. The summed E-state index contributed by atoms with van der Waals surface area (Å²) in [6, 6.07) is 10.1. The van der Waals surface area contributed by atoms with Crippen LogP contribution in [-0.2, 0) is 9.59 Å². The van der Waals surface area contributed by atoms with E-state index < -0.39 is 29.4 Å². The van der Waals surface area contributed by atoms with E-state index in [0.717, 1.165) is 23.9 Å². The van der Waals surface area contributed by atoms with Crippen molar-refractivity contribution >= 4 is 57.8 Å². The van der Waals surface area contributed by atoms with E-state index >= 15 is 0 Å². The molecular weight excluding hydrogens is 578 g/mol. The lowest BCUT2D eigenvalue weighted by molar-refractivity contribution is -0.122. The Kier molecular flexibility index (Phi) is 8.89. The lowest BCUT2D eigenvalue weighted by Gasteiger charge is -2.15. The summed E-state index contributed by atoms with van der Waals surface area (Å²) in [5, 5.41) is 22.7. The Balaban J connectivity index is 1.51. The van der Waals surface area contributed by atoms with E-state index in [1.807, 2.05) is 0 Å². The van der Waals surface area contributed by atoms with Gasteiger partial charge in [0, 0.05) is 24.1 Å². The van der Waals surface area contributed by atoms with E-state index in [-0.39, 0.29) is 61.6 Å². The van der Waals surface area contributed by atoms with Crippen LogP contribution < -0.4 is 14.8 Å². The summed E-state index contributed by atoms with van der Waals surface area (Å²) in [5.74, 6) is -4.06. The van der Waals surface area contributed by atoms with Gasteiger partial charge in [0.05, 0.1) is 30.4 Å². The van der Waals surface area contributed by atoms with Crippen LogP contribution in [0.4, 0.5) is 14.5 Å². The number of phenolic OH excluding ortho intramolecular Hbond substituents is 1. The van der Waals surface area contributed by atoms with Crippen molar-refractivity contribution in [3.63, 3.8) is 0 Å². The van der Waals surface area contributed by atoms with Gasteiger partial charge in [0.15, 0.2) is 11.6 Å². The average Bonchev–Trinajstić information content (AvgIpc) is 3.21. The normalized spacial score (nSPS) is 14.0. The van der Waals surface area contributed by atoms with Gasteiger partial charge in [-0.15, -0.1) is 0 Å². The second kappa shape index (κ2) is 12.4. The summed E-state index contributed by atoms with van der Waals surface area (Å²) in [4.78, 5) is 38.3. The molecule has 212 valence electrons. The van der Waals surface area contributed by atoms with Gasteiger partial charge >= 0.3 is 5.97 Å². The minimum absolute atomic E-state index is 0.0109. The van der Waals surface area contributed by atoms with Crippen molar-refractivity contribution in [2.75, 3.05) is 26.1 Å². The van der Waals surface area contributed by atoms with Gasteiger partial charge in [-0.25, -0.2) is 13.6 Å². The number of aromatic hydroxyl groups is 1. The molecule has 3 N–H and O–H groups in total. The van der Waals surface area contributed by atoms with E-state index in [0.29, 0.717) is 5.75 Å². The molecule has 1 heterocycles. The molecule has 0 saturated carbocycles. The van der Waals surface area contributed by atoms with Crippen LogP contribution >= 0.6 is 24.0 Å². The number of hydrogen-bond donors (Lipinski definition) is 3. The number of aromatic carboxylic acids is 1. The van der Waals surface area contributed by atoms with Crippen LogP contribution in [0.2, 0.25) is 0 Å². The number of benzene rings is 3. The number of ether oxygens (including phenoxy) is 2. The van der Waals surface area contributed by atoms with Crippen LogP contribution in [0.25, 0.3) is 17.2 Å². The summed E-state index contributed by atoms with van der Waals surface area (Å²) in [7, 11) is 2.73. The fourth-order valence-corrected chi connectivity index (χ4v) is 5.23. The van der Waals surface area contributed by atoms with Crippen molar-refractivity contribution in [2.24, 2.45) is 0 Å². The van der Waals surface area contributed by atoms with E-state index in [9.17, 15) is 28.3 Å². The van der Waals surface area contributed by atoms with Crippen LogP contribution in [0, 0.1) is 11.6 Å². The van der Waals surface area contributed by atoms with Gasteiger partial charge in [0.25, 0.3) is 5.91 Å². The Morgan fingerprint density at radius 1 is 1.07 bits per heavy atom. The van der Waals surface area contributed by atoms with Crippen molar-refractivity contribution in [3.05, 3.63) is 76.2 Å². The molecule has 3 aromatic rings. The highest BCUT2D eigenvalue weighted by molar-refractivity contribution is 8.26. The Hall–Kier alpha value is -4.49. The average molecular weight is 601 g/mol. The number of hydrogen-bond acceptors (Lipinski definition) is 8. The Labute approximate surface area is 242 Å². The van der Waals surface area contributed by atoms with Crippen molar-refractivity contribution in [1.29, 1.82) is 0 Å². The fourth-order valence-electron chi connectivity index (χ4n) is 3.93. The molecule has 0 atom stereocenters. The van der Waals surface area contributed by atoms with Gasteiger partial charge in [-0.3, -0.25) is 14.5 Å². The zero-order chi connectivity index (χ0) is 29.8. The first-order chi connectivity index (χ1) is 19.5. The third-order valence-electron chi connectivity index (χ3n) is 6.02. The maximum absolute atomic E-state index is 13.9. The first-order valence-electron chi connectivity index (χ1n) is 11.8. The molecule has 1 fully saturated rings. The molecule has 1 aliphatic heterocycles. The van der Waals surface area contributed by atoms with Gasteiger partial charge in [-0.05, 0) is 54.1 Å². The Morgan fingerprint density at radius 3 is 2.49 bits per heavy atom. The number of thiocarbonyl (C=S) groups is 1. The first-order valence-corrected chi connectivity index (χ1v) is 13.1. The molecule has 9 nitrogen and oxygen atoms in total. The van der Waals surface area contributed by atoms with Gasteiger partial charge < -0.3 is 25.0 Å². The van der Waals surface area contributed by atoms with Crippen LogP contribution in [0.3, 0.4) is 0 Å². The molecular formula is C28H22F2N2O7S2. The molecule has 3 aromatic carbocycles. The predicted molar refractivity (Wildman–Crippen MR) is 153 cm³/mol. The van der Waals surface area contributed by atoms with Crippen molar-refractivity contribution in [3.8, 4) is 28.4 Å². The monoisotopic (exact) mass is 600 g/mol. The number of carboxylic acids is 1. The third kappa shape index (κ3) is 6.47. The van der Waals surface area contributed by atoms with Gasteiger partial charge in [-0.2, -0.15) is 0 Å². The number of carbonyl (C=O) groups excluding carboxylic acids is 2. The second-order valence-electron chi connectivity index (χ2n) is 8.59. The van der Waals surface area contributed by atoms with E-state index in [4.69, 9.17) is 26.8 Å². The van der Waals surface area contributed by atoms with Crippen molar-refractivity contribution in [2.45, 2.75) is 6.42 Å². The van der Waals surface area contributed by atoms with E-state index in [1.54, 1.807) is 0 Å². The molecule has 0 unspecified atom stereocenters. The lowest BCUT2D eigenvalue weighted by atomic mass is 10.00. The van der Waals surface area contributed by atoms with Crippen LogP contribution in [0.15, 0.2) is 53.4 Å². The Morgan fingerprint density at radius 2 is 1.83 bits per heavy atom. The quantitative estimate of drug-likeness (QED) is 0.222. The van der Waals surface area contributed by atoms with Crippen molar-refractivity contribution < 1.29 is 42.9 Å². The zero-order valence-corrected chi connectivity index (χ0v) is 23.2. The molecule has 1 aliphatic rings. The summed E-state index contributed by atoms with van der Waals surface area (Å²) in [5.41, 5.74) is 0.789. The number of carbonyl (C=O) groups is 3. The molecule has 13 heteroatoms.